The number of rotatable bonds is 4. The number of amidine groups is 1. The van der Waals surface area contributed by atoms with E-state index in [9.17, 15) is 0 Å². The summed E-state index contributed by atoms with van der Waals surface area (Å²) in [7, 11) is 0. The molecule has 0 bridgehead atoms. The van der Waals surface area contributed by atoms with Gasteiger partial charge >= 0.3 is 0 Å². The predicted molar refractivity (Wildman–Crippen MR) is 111 cm³/mol. The van der Waals surface area contributed by atoms with Gasteiger partial charge in [-0.25, -0.2) is 10.4 Å². The molecular formula is C20H25ClN6. The summed E-state index contributed by atoms with van der Waals surface area (Å²) in [5, 5.41) is 4.48. The van der Waals surface area contributed by atoms with Crippen molar-refractivity contribution in [2.75, 3.05) is 5.32 Å². The normalized spacial score (nSPS) is 24.1. The minimum Gasteiger partial charge on any atom is -0.371 e. The molecule has 0 unspecified atom stereocenters. The Hall–Kier alpha value is -2.12. The third-order valence-electron chi connectivity index (χ3n) is 5.43. The highest BCUT2D eigenvalue weighted by molar-refractivity contribution is 6.30. The van der Waals surface area contributed by atoms with Gasteiger partial charge in [-0.05, 0) is 55.5 Å². The first-order valence-electron chi connectivity index (χ1n) is 9.34. The number of nitrogens with two attached hydrogens (primary N) is 1. The molecule has 6 N–H and O–H groups in total. The molecule has 0 saturated heterocycles. The van der Waals surface area contributed by atoms with Gasteiger partial charge in [-0.3, -0.25) is 11.3 Å². The number of nitrogens with zero attached hydrogens (tertiary/aromatic N) is 1. The lowest BCUT2D eigenvalue weighted by atomic mass is 9.77. The van der Waals surface area contributed by atoms with Gasteiger partial charge in [0.15, 0.2) is 0 Å². The van der Waals surface area contributed by atoms with Crippen molar-refractivity contribution in [1.29, 1.82) is 0 Å². The molecule has 0 radical (unpaired) electrons. The van der Waals surface area contributed by atoms with E-state index in [0.29, 0.717) is 12.6 Å². The third kappa shape index (κ3) is 3.94. The van der Waals surface area contributed by atoms with E-state index in [4.69, 9.17) is 22.4 Å². The first-order chi connectivity index (χ1) is 13.2. The van der Waals surface area contributed by atoms with Gasteiger partial charge in [0.25, 0.3) is 0 Å². The van der Waals surface area contributed by atoms with Gasteiger partial charge in [-0.2, -0.15) is 0 Å². The minimum atomic E-state index is -0.205. The molecule has 1 spiro atoms. The van der Waals surface area contributed by atoms with E-state index in [1.807, 2.05) is 42.5 Å². The zero-order valence-corrected chi connectivity index (χ0v) is 15.9. The summed E-state index contributed by atoms with van der Waals surface area (Å²) in [6, 6.07) is 16.4. The average molecular weight is 385 g/mol. The fourth-order valence-electron chi connectivity index (χ4n) is 3.88. The molecule has 4 rings (SSSR count). The summed E-state index contributed by atoms with van der Waals surface area (Å²) in [6.07, 6.45) is 3.92. The maximum atomic E-state index is 6.07. The van der Waals surface area contributed by atoms with Crippen LogP contribution in [-0.4, -0.2) is 17.4 Å². The number of anilines is 1. The van der Waals surface area contributed by atoms with Crippen LogP contribution in [0.1, 0.15) is 31.2 Å². The topological polar surface area (TPSA) is 86.5 Å². The number of fused-ring (bicyclic) bond motifs is 1. The number of hydrazine groups is 2. The maximum absolute atomic E-state index is 6.07. The van der Waals surface area contributed by atoms with E-state index in [1.54, 1.807) is 0 Å². The molecule has 2 aliphatic rings. The van der Waals surface area contributed by atoms with E-state index in [2.05, 4.69) is 27.7 Å². The second kappa shape index (κ2) is 7.86. The van der Waals surface area contributed by atoms with Crippen LogP contribution in [-0.2, 0) is 6.54 Å². The predicted octanol–water partition coefficient (Wildman–Crippen LogP) is 3.23. The van der Waals surface area contributed by atoms with Crippen molar-refractivity contribution >= 4 is 28.8 Å². The Kier molecular flexibility index (Phi) is 5.31. The van der Waals surface area contributed by atoms with Crippen molar-refractivity contribution in [3.8, 4) is 0 Å². The highest BCUT2D eigenvalue weighted by Gasteiger charge is 2.42. The molecule has 2 aromatic carbocycles. The monoisotopic (exact) mass is 384 g/mol. The first-order valence-corrected chi connectivity index (χ1v) is 9.72. The number of nitrogens with one attached hydrogen (secondary N) is 4. The Morgan fingerprint density at radius 2 is 1.96 bits per heavy atom. The largest absolute Gasteiger partial charge is 0.371 e. The number of hydrogen-bond acceptors (Lipinski definition) is 6. The lowest BCUT2D eigenvalue weighted by Gasteiger charge is -2.44. The first kappa shape index (κ1) is 18.3. The Morgan fingerprint density at radius 3 is 2.74 bits per heavy atom. The SMILES string of the molecule is NNC1CCC2(CC1)Nc1ccccc1N=C2NNCc1cccc(Cl)c1. The lowest BCUT2D eigenvalue weighted by molar-refractivity contribution is 0.318. The average Bonchev–Trinajstić information content (AvgIpc) is 2.69. The third-order valence-corrected chi connectivity index (χ3v) is 5.66. The van der Waals surface area contributed by atoms with Crippen molar-refractivity contribution in [1.82, 2.24) is 16.3 Å². The molecule has 0 atom stereocenters. The molecule has 2 aromatic rings. The van der Waals surface area contributed by atoms with Crippen LogP contribution in [0.5, 0.6) is 0 Å². The molecule has 1 fully saturated rings. The van der Waals surface area contributed by atoms with Gasteiger partial charge < -0.3 is 10.7 Å². The van der Waals surface area contributed by atoms with Crippen LogP contribution in [0, 0.1) is 0 Å². The van der Waals surface area contributed by atoms with Crippen molar-refractivity contribution in [3.63, 3.8) is 0 Å². The number of para-hydroxylation sites is 2. The van der Waals surface area contributed by atoms with Gasteiger partial charge in [0.05, 0.1) is 16.9 Å². The Balaban J connectivity index is 1.52. The molecule has 0 amide bonds. The van der Waals surface area contributed by atoms with Gasteiger partial charge in [0, 0.05) is 17.6 Å². The summed E-state index contributed by atoms with van der Waals surface area (Å²) >= 11 is 6.07. The number of aliphatic imine (C=N–C) groups is 1. The second-order valence-corrected chi connectivity index (χ2v) is 7.67. The van der Waals surface area contributed by atoms with E-state index < -0.39 is 0 Å². The van der Waals surface area contributed by atoms with Gasteiger partial charge in [0.2, 0.25) is 0 Å². The zero-order valence-electron chi connectivity index (χ0n) is 15.1. The van der Waals surface area contributed by atoms with E-state index in [-0.39, 0.29) is 5.54 Å². The minimum absolute atomic E-state index is 0.205. The van der Waals surface area contributed by atoms with Crippen LogP contribution in [0.3, 0.4) is 0 Å². The highest BCUT2D eigenvalue weighted by atomic mass is 35.5. The quantitative estimate of drug-likeness (QED) is 0.412. The zero-order chi connectivity index (χ0) is 18.7. The van der Waals surface area contributed by atoms with Crippen LogP contribution >= 0.6 is 11.6 Å². The number of benzene rings is 2. The molecule has 1 heterocycles. The molecule has 1 saturated carbocycles. The number of halogens is 1. The lowest BCUT2D eigenvalue weighted by Crippen LogP contribution is -2.59. The maximum Gasteiger partial charge on any atom is 0.142 e. The van der Waals surface area contributed by atoms with Crippen LogP contribution < -0.4 is 27.4 Å². The van der Waals surface area contributed by atoms with Crippen LogP contribution in [0.15, 0.2) is 53.5 Å². The summed E-state index contributed by atoms with van der Waals surface area (Å²) in [6.45, 7) is 0.657. The van der Waals surface area contributed by atoms with E-state index in [1.165, 1.54) is 0 Å². The molecule has 142 valence electrons. The van der Waals surface area contributed by atoms with Crippen LogP contribution in [0.2, 0.25) is 5.02 Å². The van der Waals surface area contributed by atoms with Gasteiger partial charge in [-0.1, -0.05) is 35.9 Å². The van der Waals surface area contributed by atoms with Crippen LogP contribution in [0.25, 0.3) is 0 Å². The van der Waals surface area contributed by atoms with Crippen molar-refractivity contribution in [2.24, 2.45) is 10.8 Å². The van der Waals surface area contributed by atoms with Crippen molar-refractivity contribution in [2.45, 2.75) is 43.8 Å². The second-order valence-electron chi connectivity index (χ2n) is 7.23. The summed E-state index contributed by atoms with van der Waals surface area (Å²) in [5.41, 5.74) is 12.5. The number of hydrogen-bond donors (Lipinski definition) is 5. The summed E-state index contributed by atoms with van der Waals surface area (Å²) < 4.78 is 0. The van der Waals surface area contributed by atoms with Gasteiger partial charge in [-0.15, -0.1) is 0 Å². The van der Waals surface area contributed by atoms with Crippen molar-refractivity contribution in [3.05, 3.63) is 59.1 Å². The Labute approximate surface area is 164 Å². The Morgan fingerprint density at radius 1 is 1.15 bits per heavy atom. The summed E-state index contributed by atoms with van der Waals surface area (Å²) in [5.74, 6) is 6.58. The molecule has 6 nitrogen and oxygen atoms in total. The van der Waals surface area contributed by atoms with Crippen molar-refractivity contribution < 1.29 is 0 Å². The smallest absolute Gasteiger partial charge is 0.142 e. The van der Waals surface area contributed by atoms with Gasteiger partial charge in [0.1, 0.15) is 5.84 Å². The van der Waals surface area contributed by atoms with E-state index in [0.717, 1.165) is 53.5 Å². The molecule has 1 aliphatic carbocycles. The van der Waals surface area contributed by atoms with Crippen LogP contribution in [0.4, 0.5) is 11.4 Å². The molecule has 1 aliphatic heterocycles. The highest BCUT2D eigenvalue weighted by Crippen LogP contribution is 2.39. The standard InChI is InChI=1S/C20H25ClN6/c21-15-5-3-4-14(12-15)13-23-27-19-20(10-8-16(26-22)9-11-20)25-18-7-2-1-6-17(18)24-19/h1-7,12,16,23,25-26H,8-11,13,22H2,(H,24,27). The summed E-state index contributed by atoms with van der Waals surface area (Å²) in [4.78, 5) is 4.92. The Bertz CT molecular complexity index is 829. The fourth-order valence-corrected chi connectivity index (χ4v) is 4.10. The fraction of sp³-hybridized carbons (Fsp3) is 0.350. The molecule has 27 heavy (non-hydrogen) atoms. The molecular weight excluding hydrogens is 360 g/mol. The van der Waals surface area contributed by atoms with E-state index >= 15 is 0 Å². The molecule has 7 heteroatoms. The molecule has 0 aromatic heterocycles.